The number of H-pyrrole nitrogens is 2. The van der Waals surface area contributed by atoms with E-state index in [9.17, 15) is 9.90 Å². The van der Waals surface area contributed by atoms with Crippen molar-refractivity contribution in [2.24, 2.45) is 4.99 Å². The summed E-state index contributed by atoms with van der Waals surface area (Å²) in [4.78, 5) is 20.9. The van der Waals surface area contributed by atoms with Crippen LogP contribution in [0, 0.1) is 13.8 Å². The molecule has 2 aromatic carbocycles. The second-order valence-electron chi connectivity index (χ2n) is 5.09. The van der Waals surface area contributed by atoms with Crippen molar-refractivity contribution in [2.45, 2.75) is 13.8 Å². The molecule has 106 valence electrons. The number of nitrogens with zero attached hydrogens (tertiary/aromatic N) is 1. The highest BCUT2D eigenvalue weighted by Gasteiger charge is 2.03. The average Bonchev–Trinajstić information content (AvgIpc) is 2.80. The van der Waals surface area contributed by atoms with Gasteiger partial charge in [-0.05, 0) is 49.2 Å². The highest BCUT2D eigenvalue weighted by molar-refractivity contribution is 5.87. The summed E-state index contributed by atoms with van der Waals surface area (Å²) in [5.74, 6) is 0.237. The molecule has 0 amide bonds. The molecule has 0 spiro atoms. The van der Waals surface area contributed by atoms with Gasteiger partial charge >= 0.3 is 5.69 Å². The zero-order valence-electron chi connectivity index (χ0n) is 11.8. The maximum absolute atomic E-state index is 11.2. The van der Waals surface area contributed by atoms with Crippen LogP contribution in [-0.4, -0.2) is 21.3 Å². The maximum atomic E-state index is 11.2. The Balaban J connectivity index is 1.99. The zero-order chi connectivity index (χ0) is 15.0. The van der Waals surface area contributed by atoms with Crippen LogP contribution in [0.4, 0.5) is 5.69 Å². The lowest BCUT2D eigenvalue weighted by Gasteiger charge is -2.04. The van der Waals surface area contributed by atoms with Crippen LogP contribution in [0.1, 0.15) is 16.7 Å². The second-order valence-corrected chi connectivity index (χ2v) is 5.09. The summed E-state index contributed by atoms with van der Waals surface area (Å²) in [5.41, 5.74) is 4.48. The summed E-state index contributed by atoms with van der Waals surface area (Å²) >= 11 is 0. The van der Waals surface area contributed by atoms with Gasteiger partial charge in [0.05, 0.1) is 16.7 Å². The van der Waals surface area contributed by atoms with Crippen molar-refractivity contribution >= 4 is 22.9 Å². The predicted octanol–water partition coefficient (Wildman–Crippen LogP) is 2.93. The number of rotatable bonds is 2. The third-order valence-electron chi connectivity index (χ3n) is 3.33. The van der Waals surface area contributed by atoms with E-state index in [1.54, 1.807) is 18.3 Å². The van der Waals surface area contributed by atoms with Gasteiger partial charge in [0, 0.05) is 11.8 Å². The molecule has 0 unspecified atom stereocenters. The summed E-state index contributed by atoms with van der Waals surface area (Å²) in [5, 5.41) is 10.0. The first-order valence-electron chi connectivity index (χ1n) is 6.59. The minimum atomic E-state index is -0.238. The summed E-state index contributed by atoms with van der Waals surface area (Å²) in [6.07, 6.45) is 1.63. The molecule has 0 saturated carbocycles. The topological polar surface area (TPSA) is 81.2 Å². The first kappa shape index (κ1) is 13.2. The van der Waals surface area contributed by atoms with Crippen LogP contribution in [0.5, 0.6) is 5.75 Å². The number of nitrogens with one attached hydrogen (secondary N) is 2. The van der Waals surface area contributed by atoms with E-state index in [0.29, 0.717) is 16.8 Å². The summed E-state index contributed by atoms with van der Waals surface area (Å²) < 4.78 is 0. The second kappa shape index (κ2) is 4.94. The number of imidazole rings is 1. The number of phenols is 1. The third kappa shape index (κ3) is 2.58. The highest BCUT2D eigenvalue weighted by Crippen LogP contribution is 2.23. The van der Waals surface area contributed by atoms with Crippen LogP contribution in [0.3, 0.4) is 0 Å². The number of aromatic hydroxyl groups is 1. The molecule has 3 aromatic rings. The molecule has 0 saturated heterocycles. The Morgan fingerprint density at radius 3 is 2.67 bits per heavy atom. The fourth-order valence-corrected chi connectivity index (χ4v) is 2.34. The van der Waals surface area contributed by atoms with E-state index in [0.717, 1.165) is 16.6 Å². The van der Waals surface area contributed by atoms with E-state index >= 15 is 0 Å². The molecule has 5 heteroatoms. The lowest BCUT2D eigenvalue weighted by atomic mass is 10.1. The van der Waals surface area contributed by atoms with Gasteiger partial charge in [-0.3, -0.25) is 4.99 Å². The molecule has 0 aliphatic heterocycles. The number of hydrogen-bond acceptors (Lipinski definition) is 3. The Kier molecular flexibility index (Phi) is 3.10. The van der Waals surface area contributed by atoms with E-state index in [2.05, 4.69) is 15.0 Å². The van der Waals surface area contributed by atoms with Crippen molar-refractivity contribution in [3.63, 3.8) is 0 Å². The number of aliphatic imine (C=N–C) groups is 1. The molecule has 0 bridgehead atoms. The number of aryl methyl sites for hydroxylation is 2. The van der Waals surface area contributed by atoms with Crippen LogP contribution >= 0.6 is 0 Å². The van der Waals surface area contributed by atoms with Crippen molar-refractivity contribution < 1.29 is 5.11 Å². The molecule has 0 radical (unpaired) electrons. The highest BCUT2D eigenvalue weighted by atomic mass is 16.3. The number of phenolic OH excluding ortho intramolecular Hbond substituents is 1. The van der Waals surface area contributed by atoms with Gasteiger partial charge in [0.1, 0.15) is 5.75 Å². The Morgan fingerprint density at radius 2 is 1.86 bits per heavy atom. The van der Waals surface area contributed by atoms with Gasteiger partial charge in [0.2, 0.25) is 0 Å². The van der Waals surface area contributed by atoms with Crippen LogP contribution in [0.2, 0.25) is 0 Å². The quantitative estimate of drug-likeness (QED) is 0.631. The van der Waals surface area contributed by atoms with Crippen molar-refractivity contribution in [1.82, 2.24) is 9.97 Å². The molecule has 21 heavy (non-hydrogen) atoms. The Hall–Kier alpha value is -2.82. The fraction of sp³-hybridized carbons (Fsp3) is 0.125. The molecule has 0 aliphatic carbocycles. The number of benzene rings is 2. The van der Waals surface area contributed by atoms with E-state index < -0.39 is 0 Å². The maximum Gasteiger partial charge on any atom is 0.323 e. The first-order chi connectivity index (χ1) is 10.0. The summed E-state index contributed by atoms with van der Waals surface area (Å²) in [7, 11) is 0. The molecule has 1 heterocycles. The Bertz CT molecular complexity index is 904. The van der Waals surface area contributed by atoms with E-state index in [4.69, 9.17) is 0 Å². The predicted molar refractivity (Wildman–Crippen MR) is 83.8 cm³/mol. The molecule has 5 nitrogen and oxygen atoms in total. The van der Waals surface area contributed by atoms with Gasteiger partial charge in [-0.2, -0.15) is 0 Å². The normalized spacial score (nSPS) is 11.5. The van der Waals surface area contributed by atoms with Gasteiger partial charge < -0.3 is 15.1 Å². The molecular formula is C16H15N3O2. The summed E-state index contributed by atoms with van der Waals surface area (Å²) in [6.45, 7) is 3.83. The standard InChI is InChI=1S/C16H15N3O2/c1-9-5-10(2)15(20)11(6-9)8-17-12-3-4-13-14(7-12)19-16(21)18-13/h3-8,20H,1-2H3,(H2,18,19,21). The van der Waals surface area contributed by atoms with Gasteiger partial charge in [0.15, 0.2) is 0 Å². The number of hydrogen-bond donors (Lipinski definition) is 3. The van der Waals surface area contributed by atoms with Gasteiger partial charge in [-0.25, -0.2) is 4.79 Å². The number of aromatic nitrogens is 2. The van der Waals surface area contributed by atoms with E-state index in [1.165, 1.54) is 0 Å². The SMILES string of the molecule is Cc1cc(C)c(O)c(C=Nc2ccc3[nH]c(=O)[nH]c3c2)c1. The Morgan fingerprint density at radius 1 is 1.10 bits per heavy atom. The fourth-order valence-electron chi connectivity index (χ4n) is 2.34. The largest absolute Gasteiger partial charge is 0.507 e. The first-order valence-corrected chi connectivity index (χ1v) is 6.59. The zero-order valence-corrected chi connectivity index (χ0v) is 11.8. The lowest BCUT2D eigenvalue weighted by Crippen LogP contribution is -1.99. The van der Waals surface area contributed by atoms with Crippen LogP contribution < -0.4 is 5.69 Å². The average molecular weight is 281 g/mol. The number of fused-ring (bicyclic) bond motifs is 1. The van der Waals surface area contributed by atoms with Crippen molar-refractivity contribution in [3.8, 4) is 5.75 Å². The van der Waals surface area contributed by atoms with E-state index in [1.807, 2.05) is 32.0 Å². The molecule has 1 aromatic heterocycles. The van der Waals surface area contributed by atoms with Gasteiger partial charge in [-0.15, -0.1) is 0 Å². The van der Waals surface area contributed by atoms with Gasteiger partial charge in [-0.1, -0.05) is 6.07 Å². The molecule has 0 fully saturated rings. The Labute approximate surface area is 121 Å². The molecule has 3 N–H and O–H groups in total. The summed E-state index contributed by atoms with van der Waals surface area (Å²) in [6, 6.07) is 9.18. The van der Waals surface area contributed by atoms with Crippen LogP contribution in [0.15, 0.2) is 40.1 Å². The van der Waals surface area contributed by atoms with Crippen molar-refractivity contribution in [1.29, 1.82) is 0 Å². The van der Waals surface area contributed by atoms with Crippen molar-refractivity contribution in [2.75, 3.05) is 0 Å². The van der Waals surface area contributed by atoms with E-state index in [-0.39, 0.29) is 11.4 Å². The smallest absolute Gasteiger partial charge is 0.323 e. The molecular weight excluding hydrogens is 266 g/mol. The van der Waals surface area contributed by atoms with Crippen LogP contribution in [-0.2, 0) is 0 Å². The third-order valence-corrected chi connectivity index (χ3v) is 3.33. The number of aromatic amines is 2. The minimum absolute atomic E-state index is 0.237. The molecule has 0 aliphatic rings. The lowest BCUT2D eigenvalue weighted by molar-refractivity contribution is 0.470. The molecule has 3 rings (SSSR count). The van der Waals surface area contributed by atoms with Crippen LogP contribution in [0.25, 0.3) is 11.0 Å². The molecule has 0 atom stereocenters. The minimum Gasteiger partial charge on any atom is -0.507 e. The monoisotopic (exact) mass is 281 g/mol. The van der Waals surface area contributed by atoms with Crippen molar-refractivity contribution in [3.05, 3.63) is 57.5 Å². The van der Waals surface area contributed by atoms with Gasteiger partial charge in [0.25, 0.3) is 0 Å².